The third-order valence-corrected chi connectivity index (χ3v) is 7.11. The Balaban J connectivity index is 1.64. The van der Waals surface area contributed by atoms with Crippen LogP contribution in [0.5, 0.6) is 0 Å². The lowest BCUT2D eigenvalue weighted by Crippen LogP contribution is -2.39. The molecule has 13 nitrogen and oxygen atoms in total. The molecular formula is C16H25N6O7PS. The van der Waals surface area contributed by atoms with Gasteiger partial charge in [0, 0.05) is 5.75 Å². The highest BCUT2D eigenvalue weighted by molar-refractivity contribution is 7.99. The molecule has 7 N–H and O–H groups in total. The Morgan fingerprint density at radius 3 is 2.84 bits per heavy atom. The number of H-pyrrole nitrogens is 1. The summed E-state index contributed by atoms with van der Waals surface area (Å²) in [6.45, 7) is 0.434. The number of imidazole rings is 1. The number of unbranched alkanes of at least 4 members (excludes halogenated alkanes) is 3. The predicted molar refractivity (Wildman–Crippen MR) is 111 cm³/mol. The van der Waals surface area contributed by atoms with E-state index >= 15 is 0 Å². The van der Waals surface area contributed by atoms with Gasteiger partial charge >= 0.3 is 7.82 Å². The Hall–Kier alpha value is -1.51. The second kappa shape index (κ2) is 9.16. The molecule has 2 aliphatic rings. The van der Waals surface area contributed by atoms with Crippen LogP contribution in [0.25, 0.3) is 11.2 Å². The van der Waals surface area contributed by atoms with E-state index < -0.39 is 37.9 Å². The van der Waals surface area contributed by atoms with E-state index in [-0.39, 0.29) is 23.7 Å². The average molecular weight is 476 g/mol. The largest absolute Gasteiger partial charge is 0.472 e. The van der Waals surface area contributed by atoms with Crippen LogP contribution in [0.1, 0.15) is 31.9 Å². The lowest BCUT2D eigenvalue weighted by molar-refractivity contribution is -0.0684. The number of anilines is 1. The maximum Gasteiger partial charge on any atom is 0.472 e. The summed E-state index contributed by atoms with van der Waals surface area (Å²) in [5.41, 5.74) is 10.9. The molecule has 0 radical (unpaired) electrons. The van der Waals surface area contributed by atoms with E-state index in [1.54, 1.807) is 0 Å². The van der Waals surface area contributed by atoms with Gasteiger partial charge in [-0.1, -0.05) is 24.6 Å². The summed E-state index contributed by atoms with van der Waals surface area (Å²) in [5, 5.41) is 11.2. The molecule has 0 aliphatic carbocycles. The number of aliphatic hydroxyl groups is 1. The lowest BCUT2D eigenvalue weighted by Gasteiger charge is -2.27. The minimum Gasteiger partial charge on any atom is -0.386 e. The molecule has 2 aromatic rings. The first-order valence-corrected chi connectivity index (χ1v) is 12.4. The van der Waals surface area contributed by atoms with Crippen molar-refractivity contribution >= 4 is 36.7 Å². The second-order valence-corrected chi connectivity index (χ2v) is 9.80. The number of rotatable bonds is 8. The van der Waals surface area contributed by atoms with Crippen molar-refractivity contribution in [2.75, 3.05) is 24.6 Å². The maximum absolute atomic E-state index is 12.4. The van der Waals surface area contributed by atoms with Gasteiger partial charge in [0.25, 0.3) is 5.56 Å². The number of nitrogens with two attached hydrogens (primary N) is 2. The van der Waals surface area contributed by atoms with Crippen molar-refractivity contribution < 1.29 is 28.3 Å². The van der Waals surface area contributed by atoms with Crippen LogP contribution in [0, 0.1) is 0 Å². The van der Waals surface area contributed by atoms with Crippen molar-refractivity contribution in [2.45, 2.75) is 55.4 Å². The minimum absolute atomic E-state index is 0.0514. The summed E-state index contributed by atoms with van der Waals surface area (Å²) >= 11 is 1.39. The molecule has 0 aromatic carbocycles. The van der Waals surface area contributed by atoms with Gasteiger partial charge in [0.2, 0.25) is 5.95 Å². The van der Waals surface area contributed by atoms with E-state index in [0.29, 0.717) is 17.5 Å². The van der Waals surface area contributed by atoms with E-state index in [0.717, 1.165) is 25.7 Å². The molecule has 4 heterocycles. The predicted octanol–water partition coefficient (Wildman–Crippen LogP) is 0.0871. The normalized spacial score (nSPS) is 30.7. The fraction of sp³-hybridized carbons (Fsp3) is 0.688. The number of phosphoric acid groups is 1. The topological polar surface area (TPSA) is 201 Å². The Morgan fingerprint density at radius 1 is 1.29 bits per heavy atom. The number of fused-ring (bicyclic) bond motifs is 2. The smallest absolute Gasteiger partial charge is 0.386 e. The molecule has 0 spiro atoms. The number of phosphoric ester groups is 1. The van der Waals surface area contributed by atoms with Gasteiger partial charge in [-0.15, -0.1) is 0 Å². The van der Waals surface area contributed by atoms with E-state index in [2.05, 4.69) is 15.0 Å². The van der Waals surface area contributed by atoms with Gasteiger partial charge in [0.1, 0.15) is 18.3 Å². The molecule has 0 bridgehead atoms. The summed E-state index contributed by atoms with van der Waals surface area (Å²) < 4.78 is 28.9. The number of hydrogen-bond donors (Lipinski definition) is 5. The Morgan fingerprint density at radius 2 is 2.06 bits per heavy atom. The van der Waals surface area contributed by atoms with Gasteiger partial charge in [-0.05, 0) is 19.4 Å². The van der Waals surface area contributed by atoms with Crippen molar-refractivity contribution in [3.63, 3.8) is 0 Å². The molecule has 2 aromatic heterocycles. The number of aliphatic hydroxyl groups excluding tert-OH is 1. The first-order chi connectivity index (χ1) is 14.8. The summed E-state index contributed by atoms with van der Waals surface area (Å²) in [6, 6.07) is 0. The van der Waals surface area contributed by atoms with Crippen molar-refractivity contribution in [3.05, 3.63) is 10.4 Å². The quantitative estimate of drug-likeness (QED) is 0.195. The molecule has 172 valence electrons. The van der Waals surface area contributed by atoms with E-state index in [9.17, 15) is 19.4 Å². The van der Waals surface area contributed by atoms with E-state index in [1.807, 2.05) is 0 Å². The molecule has 0 saturated carbocycles. The van der Waals surface area contributed by atoms with Gasteiger partial charge in [-0.25, -0.2) is 9.55 Å². The van der Waals surface area contributed by atoms with E-state index in [4.69, 9.17) is 25.3 Å². The van der Waals surface area contributed by atoms with Crippen LogP contribution in [0.4, 0.5) is 5.95 Å². The Kier molecular flexibility index (Phi) is 6.70. The second-order valence-electron chi connectivity index (χ2n) is 7.33. The van der Waals surface area contributed by atoms with Crippen LogP contribution in [0.2, 0.25) is 0 Å². The highest BCUT2D eigenvalue weighted by Gasteiger charge is 2.53. The van der Waals surface area contributed by atoms with Gasteiger partial charge in [-0.3, -0.25) is 23.4 Å². The third-order valence-electron chi connectivity index (χ3n) is 5.09. The van der Waals surface area contributed by atoms with Crippen molar-refractivity contribution in [2.24, 2.45) is 5.73 Å². The molecule has 2 fully saturated rings. The molecular weight excluding hydrogens is 451 g/mol. The van der Waals surface area contributed by atoms with Crippen LogP contribution < -0.4 is 17.0 Å². The fourth-order valence-corrected chi connectivity index (χ4v) is 5.61. The number of aromatic amines is 1. The third kappa shape index (κ3) is 4.66. The molecule has 2 saturated heterocycles. The number of nitrogens with zero attached hydrogens (tertiary/aromatic N) is 3. The van der Waals surface area contributed by atoms with Gasteiger partial charge in [0.05, 0.1) is 6.61 Å². The van der Waals surface area contributed by atoms with Crippen LogP contribution in [0.3, 0.4) is 0 Å². The van der Waals surface area contributed by atoms with Crippen LogP contribution >= 0.6 is 19.6 Å². The molecule has 1 unspecified atom stereocenters. The molecule has 4 rings (SSSR count). The van der Waals surface area contributed by atoms with Crippen molar-refractivity contribution in [3.8, 4) is 0 Å². The van der Waals surface area contributed by atoms with Gasteiger partial charge in [-0.2, -0.15) is 4.98 Å². The number of ether oxygens (including phenoxy) is 1. The van der Waals surface area contributed by atoms with Crippen LogP contribution in [0.15, 0.2) is 9.95 Å². The number of aromatic nitrogens is 4. The molecule has 2 aliphatic heterocycles. The highest BCUT2D eigenvalue weighted by Crippen LogP contribution is 2.52. The number of hydrogen-bond acceptors (Lipinski definition) is 11. The standard InChI is InChI=1S/C16H25N6O7PS/c17-5-3-1-2-4-6-31-16-19-9-12(20-15(18)21-13(9)24)22(16)14-10(23)11-8(28-14)7-27-30(25,26)29-11/h8,10-11,14,23H,1-7,17H2,(H,25,26)(H3,18,20,21,24)/t8-,10-,11-,14-/m1/s1. The SMILES string of the molecule is NCCCCCCSc1nc2c(=O)[nH]c(N)nc2n1[C@@H]1O[C@@H]2COP(=O)(O)O[C@H]2[C@H]1O. The van der Waals surface area contributed by atoms with Crippen LogP contribution in [-0.2, 0) is 18.3 Å². The van der Waals surface area contributed by atoms with E-state index in [1.165, 1.54) is 16.3 Å². The molecule has 15 heteroatoms. The summed E-state index contributed by atoms with van der Waals surface area (Å²) in [6.07, 6.45) is -0.348. The van der Waals surface area contributed by atoms with Crippen molar-refractivity contribution in [1.82, 2.24) is 19.5 Å². The van der Waals surface area contributed by atoms with Crippen LogP contribution in [-0.4, -0.2) is 66.7 Å². The molecule has 0 amide bonds. The molecule has 5 atom stereocenters. The highest BCUT2D eigenvalue weighted by atomic mass is 32.2. The minimum atomic E-state index is -4.27. The van der Waals surface area contributed by atoms with Crippen molar-refractivity contribution in [1.29, 1.82) is 0 Å². The Labute approximate surface area is 181 Å². The monoisotopic (exact) mass is 476 g/mol. The number of thioether (sulfide) groups is 1. The summed E-state index contributed by atoms with van der Waals surface area (Å²) in [7, 11) is -4.27. The van der Waals surface area contributed by atoms with Gasteiger partial charge < -0.3 is 26.2 Å². The average Bonchev–Trinajstić information content (AvgIpc) is 3.21. The fourth-order valence-electron chi connectivity index (χ4n) is 3.62. The zero-order valence-electron chi connectivity index (χ0n) is 16.5. The first kappa shape index (κ1) is 22.7. The summed E-state index contributed by atoms with van der Waals surface area (Å²) in [5.74, 6) is 0.601. The number of nitrogens with one attached hydrogen (secondary N) is 1. The first-order valence-electron chi connectivity index (χ1n) is 9.90. The van der Waals surface area contributed by atoms with Gasteiger partial charge in [0.15, 0.2) is 22.5 Å². The molecule has 31 heavy (non-hydrogen) atoms. The lowest BCUT2D eigenvalue weighted by atomic mass is 10.1. The zero-order valence-corrected chi connectivity index (χ0v) is 18.3. The number of nitrogen functional groups attached to an aromatic ring is 1. The zero-order chi connectivity index (χ0) is 22.2. The Bertz CT molecular complexity index is 1050. The maximum atomic E-state index is 12.4. The summed E-state index contributed by atoms with van der Waals surface area (Å²) in [4.78, 5) is 32.9.